The predicted molar refractivity (Wildman–Crippen MR) is 65.8 cm³/mol. The van der Waals surface area contributed by atoms with Crippen LogP contribution in [0.1, 0.15) is 17.3 Å². The first-order chi connectivity index (χ1) is 8.13. The molecule has 2 rings (SSSR count). The van der Waals surface area contributed by atoms with E-state index in [2.05, 4.69) is 4.98 Å². The molecule has 0 saturated heterocycles. The van der Waals surface area contributed by atoms with Gasteiger partial charge in [0, 0.05) is 38.2 Å². The van der Waals surface area contributed by atoms with E-state index in [4.69, 9.17) is 5.73 Å². The molecule has 2 N–H and O–H groups in total. The van der Waals surface area contributed by atoms with Gasteiger partial charge in [-0.1, -0.05) is 0 Å². The monoisotopic (exact) mass is 232 g/mol. The third-order valence-electron chi connectivity index (χ3n) is 2.96. The zero-order valence-electron chi connectivity index (χ0n) is 10.00. The van der Waals surface area contributed by atoms with Crippen LogP contribution in [0.25, 0.3) is 5.65 Å². The van der Waals surface area contributed by atoms with Gasteiger partial charge in [-0.15, -0.1) is 0 Å². The molecule has 0 spiro atoms. The lowest BCUT2D eigenvalue weighted by Crippen LogP contribution is -2.39. The highest BCUT2D eigenvalue weighted by Gasteiger charge is 2.16. The number of imidazole rings is 1. The highest BCUT2D eigenvalue weighted by Crippen LogP contribution is 2.08. The number of rotatable bonds is 3. The minimum atomic E-state index is -0.0291. The summed E-state index contributed by atoms with van der Waals surface area (Å²) in [6.45, 7) is 2.38. The molecule has 0 radical (unpaired) electrons. The lowest BCUT2D eigenvalue weighted by Gasteiger charge is -2.23. The van der Waals surface area contributed by atoms with E-state index in [0.717, 1.165) is 5.65 Å². The number of aromatic nitrogens is 2. The van der Waals surface area contributed by atoms with Crippen molar-refractivity contribution >= 4 is 11.6 Å². The van der Waals surface area contributed by atoms with Crippen LogP contribution < -0.4 is 5.73 Å². The Bertz CT molecular complexity index is 534. The van der Waals surface area contributed by atoms with E-state index in [1.807, 2.05) is 23.6 Å². The van der Waals surface area contributed by atoms with Gasteiger partial charge in [0.25, 0.3) is 5.91 Å². The van der Waals surface area contributed by atoms with Crippen molar-refractivity contribution in [3.63, 3.8) is 0 Å². The number of carbonyl (C=O) groups excluding carboxylic acids is 1. The molecule has 0 saturated carbocycles. The van der Waals surface area contributed by atoms with Gasteiger partial charge in [-0.2, -0.15) is 0 Å². The molecule has 1 atom stereocenters. The highest BCUT2D eigenvalue weighted by atomic mass is 16.2. The summed E-state index contributed by atoms with van der Waals surface area (Å²) < 4.78 is 1.83. The van der Waals surface area contributed by atoms with Gasteiger partial charge < -0.3 is 15.0 Å². The number of carbonyl (C=O) groups is 1. The first-order valence-corrected chi connectivity index (χ1v) is 5.53. The standard InChI is InChI=1S/C12H16N4O/c1-9(7-13)15(2)12(17)10-3-4-11-14-5-6-16(11)8-10/h3-6,8-9H,7,13H2,1-2H3. The summed E-state index contributed by atoms with van der Waals surface area (Å²) in [5.41, 5.74) is 7.02. The molecule has 5 nitrogen and oxygen atoms in total. The molecule has 90 valence electrons. The average molecular weight is 232 g/mol. The molecule has 0 aromatic carbocycles. The van der Waals surface area contributed by atoms with E-state index in [0.29, 0.717) is 12.1 Å². The lowest BCUT2D eigenvalue weighted by atomic mass is 10.2. The van der Waals surface area contributed by atoms with E-state index < -0.39 is 0 Å². The zero-order chi connectivity index (χ0) is 12.4. The summed E-state index contributed by atoms with van der Waals surface area (Å²) in [6.07, 6.45) is 5.30. The molecular weight excluding hydrogens is 216 g/mol. The fraction of sp³-hybridized carbons (Fsp3) is 0.333. The van der Waals surface area contributed by atoms with Crippen molar-refractivity contribution in [2.24, 2.45) is 5.73 Å². The van der Waals surface area contributed by atoms with Crippen LogP contribution in [0.5, 0.6) is 0 Å². The molecule has 2 heterocycles. The van der Waals surface area contributed by atoms with Crippen LogP contribution in [0.3, 0.4) is 0 Å². The molecule has 1 unspecified atom stereocenters. The number of nitrogens with zero attached hydrogens (tertiary/aromatic N) is 3. The van der Waals surface area contributed by atoms with Gasteiger partial charge in [-0.05, 0) is 19.1 Å². The Morgan fingerprint density at radius 2 is 2.35 bits per heavy atom. The van der Waals surface area contributed by atoms with Gasteiger partial charge in [0.1, 0.15) is 5.65 Å². The van der Waals surface area contributed by atoms with Crippen molar-refractivity contribution in [2.45, 2.75) is 13.0 Å². The van der Waals surface area contributed by atoms with Crippen LogP contribution in [-0.2, 0) is 0 Å². The van der Waals surface area contributed by atoms with Crippen molar-refractivity contribution in [2.75, 3.05) is 13.6 Å². The van der Waals surface area contributed by atoms with E-state index in [-0.39, 0.29) is 11.9 Å². The maximum absolute atomic E-state index is 12.1. The van der Waals surface area contributed by atoms with Crippen molar-refractivity contribution in [1.82, 2.24) is 14.3 Å². The van der Waals surface area contributed by atoms with Crippen LogP contribution >= 0.6 is 0 Å². The van der Waals surface area contributed by atoms with Gasteiger partial charge >= 0.3 is 0 Å². The summed E-state index contributed by atoms with van der Waals surface area (Å²) in [5, 5.41) is 0. The molecule has 0 aliphatic heterocycles. The number of hydrogen-bond acceptors (Lipinski definition) is 3. The van der Waals surface area contributed by atoms with Crippen LogP contribution in [-0.4, -0.2) is 39.8 Å². The first kappa shape index (κ1) is 11.6. The van der Waals surface area contributed by atoms with Gasteiger partial charge in [-0.3, -0.25) is 4.79 Å². The number of amides is 1. The van der Waals surface area contributed by atoms with Gasteiger partial charge in [0.15, 0.2) is 0 Å². The Kier molecular flexibility index (Phi) is 3.10. The maximum Gasteiger partial charge on any atom is 0.255 e. The van der Waals surface area contributed by atoms with Crippen LogP contribution in [0.2, 0.25) is 0 Å². The Balaban J connectivity index is 2.29. The third kappa shape index (κ3) is 2.14. The van der Waals surface area contributed by atoms with E-state index >= 15 is 0 Å². The predicted octanol–water partition coefficient (Wildman–Crippen LogP) is 0.753. The Morgan fingerprint density at radius 3 is 3.06 bits per heavy atom. The minimum absolute atomic E-state index is 0.0287. The van der Waals surface area contributed by atoms with E-state index in [1.54, 1.807) is 30.4 Å². The molecule has 2 aromatic heterocycles. The number of pyridine rings is 1. The minimum Gasteiger partial charge on any atom is -0.338 e. The SMILES string of the molecule is CC(CN)N(C)C(=O)c1ccc2nccn2c1. The number of nitrogens with two attached hydrogens (primary N) is 1. The second kappa shape index (κ2) is 4.55. The zero-order valence-corrected chi connectivity index (χ0v) is 10.00. The fourth-order valence-electron chi connectivity index (χ4n) is 1.61. The van der Waals surface area contributed by atoms with E-state index in [1.165, 1.54) is 0 Å². The smallest absolute Gasteiger partial charge is 0.255 e. The average Bonchev–Trinajstić information content (AvgIpc) is 2.83. The largest absolute Gasteiger partial charge is 0.338 e. The van der Waals surface area contributed by atoms with E-state index in [9.17, 15) is 4.79 Å². The topological polar surface area (TPSA) is 63.6 Å². The van der Waals surface area contributed by atoms with Gasteiger partial charge in [-0.25, -0.2) is 4.98 Å². The molecule has 17 heavy (non-hydrogen) atoms. The molecule has 0 fully saturated rings. The molecule has 0 bridgehead atoms. The Hall–Kier alpha value is -1.88. The second-order valence-electron chi connectivity index (χ2n) is 4.11. The molecule has 0 aliphatic rings. The van der Waals surface area contributed by atoms with Crippen LogP contribution in [0.4, 0.5) is 0 Å². The quantitative estimate of drug-likeness (QED) is 0.849. The molecule has 5 heteroatoms. The van der Waals surface area contributed by atoms with Crippen LogP contribution in [0.15, 0.2) is 30.7 Å². The summed E-state index contributed by atoms with van der Waals surface area (Å²) in [7, 11) is 1.76. The van der Waals surface area contributed by atoms with Crippen LogP contribution in [0, 0.1) is 0 Å². The summed E-state index contributed by atoms with van der Waals surface area (Å²) in [6, 6.07) is 3.64. The Morgan fingerprint density at radius 1 is 1.59 bits per heavy atom. The lowest BCUT2D eigenvalue weighted by molar-refractivity contribution is 0.0748. The molecule has 1 amide bonds. The Labute approximate surface area is 99.9 Å². The highest BCUT2D eigenvalue weighted by molar-refractivity contribution is 5.94. The number of likely N-dealkylation sites (N-methyl/N-ethyl adjacent to an activating group) is 1. The summed E-state index contributed by atoms with van der Waals surface area (Å²) in [5.74, 6) is -0.0291. The third-order valence-corrected chi connectivity index (χ3v) is 2.96. The van der Waals surface area contributed by atoms with Crippen molar-refractivity contribution in [3.05, 3.63) is 36.3 Å². The fourth-order valence-corrected chi connectivity index (χ4v) is 1.61. The number of fused-ring (bicyclic) bond motifs is 1. The first-order valence-electron chi connectivity index (χ1n) is 5.53. The maximum atomic E-state index is 12.1. The molecular formula is C12H16N4O. The van der Waals surface area contributed by atoms with Crippen molar-refractivity contribution < 1.29 is 4.79 Å². The molecule has 0 aliphatic carbocycles. The molecule has 2 aromatic rings. The second-order valence-corrected chi connectivity index (χ2v) is 4.11. The van der Waals surface area contributed by atoms with Crippen molar-refractivity contribution in [3.8, 4) is 0 Å². The number of hydrogen-bond donors (Lipinski definition) is 1. The normalized spacial score (nSPS) is 12.6. The van der Waals surface area contributed by atoms with Gasteiger partial charge in [0.05, 0.1) is 5.56 Å². The summed E-state index contributed by atoms with van der Waals surface area (Å²) in [4.78, 5) is 17.9. The van der Waals surface area contributed by atoms with Crippen molar-refractivity contribution in [1.29, 1.82) is 0 Å². The summed E-state index contributed by atoms with van der Waals surface area (Å²) >= 11 is 0. The van der Waals surface area contributed by atoms with Gasteiger partial charge in [0.2, 0.25) is 0 Å².